The van der Waals surface area contributed by atoms with Crippen molar-refractivity contribution >= 4 is 17.5 Å². The minimum Gasteiger partial charge on any atom is -0.449 e. The van der Waals surface area contributed by atoms with Gasteiger partial charge in [-0.25, -0.2) is 4.79 Å². The van der Waals surface area contributed by atoms with Crippen molar-refractivity contribution in [3.63, 3.8) is 0 Å². The lowest BCUT2D eigenvalue weighted by Gasteiger charge is -2.06. The van der Waals surface area contributed by atoms with E-state index < -0.39 is 6.16 Å². The molecule has 2 rings (SSSR count). The number of carboxylic acid groups (broad SMARTS) is 1. The number of benzene rings is 2. The zero-order valence-electron chi connectivity index (χ0n) is 11.0. The summed E-state index contributed by atoms with van der Waals surface area (Å²) in [5.41, 5.74) is 2.19. The summed E-state index contributed by atoms with van der Waals surface area (Å²) in [4.78, 5) is 10.6. The van der Waals surface area contributed by atoms with Crippen molar-refractivity contribution < 1.29 is 14.6 Å². The van der Waals surface area contributed by atoms with Crippen LogP contribution in [0.5, 0.6) is 5.75 Å². The summed E-state index contributed by atoms with van der Waals surface area (Å²) >= 11 is 0. The molecule has 0 spiro atoms. The predicted octanol–water partition coefficient (Wildman–Crippen LogP) is 4.72. The van der Waals surface area contributed by atoms with Crippen molar-refractivity contribution in [2.45, 2.75) is 13.3 Å². The van der Waals surface area contributed by atoms with Crippen LogP contribution in [0.25, 0.3) is 0 Å². The Morgan fingerprint density at radius 2 is 1.80 bits per heavy atom. The minimum absolute atomic E-state index is 0.332. The van der Waals surface area contributed by atoms with Crippen LogP contribution in [0.15, 0.2) is 58.8 Å². The normalized spacial score (nSPS) is 10.7. The molecule has 1 N–H and O–H groups in total. The topological polar surface area (TPSA) is 71.2 Å². The molecular formula is C15H14N2O3. The van der Waals surface area contributed by atoms with Crippen molar-refractivity contribution in [2.24, 2.45) is 10.2 Å². The third-order valence-corrected chi connectivity index (χ3v) is 2.66. The Hall–Kier alpha value is -2.69. The van der Waals surface area contributed by atoms with Gasteiger partial charge in [-0.05, 0) is 42.3 Å². The number of rotatable bonds is 4. The number of aryl methyl sites for hydroxylation is 1. The average molecular weight is 270 g/mol. The van der Waals surface area contributed by atoms with Crippen LogP contribution in [0.2, 0.25) is 0 Å². The Morgan fingerprint density at radius 3 is 2.45 bits per heavy atom. The van der Waals surface area contributed by atoms with Crippen LogP contribution in [0.1, 0.15) is 12.5 Å². The number of carbonyl (C=O) groups is 1. The van der Waals surface area contributed by atoms with Crippen LogP contribution in [0.3, 0.4) is 0 Å². The number of hydrogen-bond acceptors (Lipinski definition) is 4. The molecule has 0 radical (unpaired) electrons. The Kier molecular flexibility index (Phi) is 4.44. The summed E-state index contributed by atoms with van der Waals surface area (Å²) in [5, 5.41) is 16.9. The van der Waals surface area contributed by atoms with Crippen LogP contribution in [0, 0.1) is 0 Å². The second-order valence-electron chi connectivity index (χ2n) is 4.05. The highest BCUT2D eigenvalue weighted by Gasteiger charge is 2.07. The van der Waals surface area contributed by atoms with E-state index in [0.29, 0.717) is 17.9 Å². The first-order valence-electron chi connectivity index (χ1n) is 6.19. The smallest absolute Gasteiger partial charge is 0.449 e. The number of azo groups is 1. The fourth-order valence-electron chi connectivity index (χ4n) is 1.71. The molecule has 0 aliphatic rings. The maximum absolute atomic E-state index is 10.6. The maximum Gasteiger partial charge on any atom is 0.511 e. The van der Waals surface area contributed by atoms with Crippen molar-refractivity contribution in [3.05, 3.63) is 54.1 Å². The molecule has 0 saturated heterocycles. The van der Waals surface area contributed by atoms with Gasteiger partial charge in [0, 0.05) is 0 Å². The van der Waals surface area contributed by atoms with E-state index >= 15 is 0 Å². The number of nitrogens with zero attached hydrogens (tertiary/aromatic N) is 2. The molecule has 0 fully saturated rings. The van der Waals surface area contributed by atoms with Crippen molar-refractivity contribution in [2.75, 3.05) is 0 Å². The third-order valence-electron chi connectivity index (χ3n) is 2.66. The van der Waals surface area contributed by atoms with E-state index in [9.17, 15) is 4.79 Å². The van der Waals surface area contributed by atoms with Gasteiger partial charge in [-0.15, -0.1) is 0 Å². The Labute approximate surface area is 116 Å². The summed E-state index contributed by atoms with van der Waals surface area (Å²) < 4.78 is 4.70. The molecule has 0 saturated carbocycles. The molecular weight excluding hydrogens is 256 g/mol. The van der Waals surface area contributed by atoms with Crippen LogP contribution in [-0.4, -0.2) is 11.3 Å². The van der Waals surface area contributed by atoms with Gasteiger partial charge in [0.2, 0.25) is 0 Å². The highest BCUT2D eigenvalue weighted by molar-refractivity contribution is 5.63. The van der Waals surface area contributed by atoms with E-state index in [1.165, 1.54) is 0 Å². The van der Waals surface area contributed by atoms with Crippen LogP contribution >= 0.6 is 0 Å². The fraction of sp³-hybridized carbons (Fsp3) is 0.133. The lowest BCUT2D eigenvalue weighted by Crippen LogP contribution is -2.04. The maximum atomic E-state index is 10.6. The van der Waals surface area contributed by atoms with Gasteiger partial charge in [0.15, 0.2) is 0 Å². The second-order valence-corrected chi connectivity index (χ2v) is 4.05. The van der Waals surface area contributed by atoms with E-state index in [4.69, 9.17) is 9.84 Å². The zero-order chi connectivity index (χ0) is 14.4. The first kappa shape index (κ1) is 13.7. The molecule has 2 aromatic rings. The zero-order valence-corrected chi connectivity index (χ0v) is 11.0. The van der Waals surface area contributed by atoms with Gasteiger partial charge in [0.05, 0.1) is 11.4 Å². The second kappa shape index (κ2) is 6.47. The van der Waals surface area contributed by atoms with Crippen molar-refractivity contribution in [3.8, 4) is 5.75 Å². The predicted molar refractivity (Wildman–Crippen MR) is 75.1 cm³/mol. The van der Waals surface area contributed by atoms with Crippen LogP contribution in [-0.2, 0) is 6.42 Å². The van der Waals surface area contributed by atoms with E-state index in [0.717, 1.165) is 11.3 Å². The van der Waals surface area contributed by atoms with Crippen LogP contribution in [0.4, 0.5) is 16.2 Å². The molecule has 20 heavy (non-hydrogen) atoms. The molecule has 0 unspecified atom stereocenters. The molecule has 102 valence electrons. The monoisotopic (exact) mass is 270 g/mol. The summed E-state index contributed by atoms with van der Waals surface area (Å²) in [6, 6.07) is 14.4. The van der Waals surface area contributed by atoms with Gasteiger partial charge in [-0.2, -0.15) is 10.2 Å². The molecule has 0 heterocycles. The molecule has 0 aliphatic heterocycles. The molecule has 0 aromatic heterocycles. The third kappa shape index (κ3) is 3.65. The molecule has 5 heteroatoms. The van der Waals surface area contributed by atoms with E-state index in [1.807, 2.05) is 37.3 Å². The quantitative estimate of drug-likeness (QED) is 0.496. The number of hydrogen-bond donors (Lipinski definition) is 1. The summed E-state index contributed by atoms with van der Waals surface area (Å²) in [6.07, 6.45) is -0.671. The van der Waals surface area contributed by atoms with E-state index in [2.05, 4.69) is 10.2 Å². The van der Waals surface area contributed by atoms with E-state index in [1.54, 1.807) is 18.2 Å². The SMILES string of the molecule is CCc1cc(N=Nc2ccccc2)ccc1OC(=O)O. The van der Waals surface area contributed by atoms with Gasteiger partial charge >= 0.3 is 6.16 Å². The van der Waals surface area contributed by atoms with Gasteiger partial charge in [-0.1, -0.05) is 25.1 Å². The Morgan fingerprint density at radius 1 is 1.10 bits per heavy atom. The minimum atomic E-state index is -1.32. The van der Waals surface area contributed by atoms with Gasteiger partial charge < -0.3 is 9.84 Å². The molecule has 0 atom stereocenters. The van der Waals surface area contributed by atoms with Crippen molar-refractivity contribution in [1.82, 2.24) is 0 Å². The largest absolute Gasteiger partial charge is 0.511 e. The summed E-state index contributed by atoms with van der Waals surface area (Å²) in [6.45, 7) is 1.92. The van der Waals surface area contributed by atoms with Gasteiger partial charge in [0.1, 0.15) is 5.75 Å². The van der Waals surface area contributed by atoms with Gasteiger partial charge in [0.25, 0.3) is 0 Å². The fourth-order valence-corrected chi connectivity index (χ4v) is 1.71. The molecule has 0 aliphatic carbocycles. The highest BCUT2D eigenvalue weighted by atomic mass is 16.7. The first-order chi connectivity index (χ1) is 9.69. The van der Waals surface area contributed by atoms with Crippen molar-refractivity contribution in [1.29, 1.82) is 0 Å². The lowest BCUT2D eigenvalue weighted by atomic mass is 10.1. The first-order valence-corrected chi connectivity index (χ1v) is 6.19. The van der Waals surface area contributed by atoms with Crippen LogP contribution < -0.4 is 4.74 Å². The van der Waals surface area contributed by atoms with Gasteiger partial charge in [-0.3, -0.25) is 0 Å². The van der Waals surface area contributed by atoms with E-state index in [-0.39, 0.29) is 0 Å². The summed E-state index contributed by atoms with van der Waals surface area (Å²) in [5.74, 6) is 0.332. The summed E-state index contributed by atoms with van der Waals surface area (Å²) in [7, 11) is 0. The standard InChI is InChI=1S/C15H14N2O3/c1-2-11-10-13(8-9-14(11)20-15(18)19)17-16-12-6-4-3-5-7-12/h3-10H,2H2,1H3,(H,18,19). The number of ether oxygens (including phenoxy) is 1. The molecule has 0 bridgehead atoms. The Bertz CT molecular complexity index is 624. The Balaban J connectivity index is 2.21. The molecule has 2 aromatic carbocycles. The lowest BCUT2D eigenvalue weighted by molar-refractivity contribution is 0.144. The molecule has 0 amide bonds. The average Bonchev–Trinajstić information content (AvgIpc) is 2.46. The highest BCUT2D eigenvalue weighted by Crippen LogP contribution is 2.26. The molecule has 5 nitrogen and oxygen atoms in total.